The number of amides is 1. The van der Waals surface area contributed by atoms with Crippen molar-refractivity contribution in [1.29, 1.82) is 0 Å². The summed E-state index contributed by atoms with van der Waals surface area (Å²) >= 11 is 1.32. The SMILES string of the molecule is CCCNc1nnc(C(=O)NCC2(CC)CCCC2)s1. The van der Waals surface area contributed by atoms with Gasteiger partial charge in [-0.25, -0.2) is 0 Å². The molecule has 1 aliphatic carbocycles. The van der Waals surface area contributed by atoms with Gasteiger partial charge >= 0.3 is 0 Å². The summed E-state index contributed by atoms with van der Waals surface area (Å²) in [7, 11) is 0. The molecule has 20 heavy (non-hydrogen) atoms. The summed E-state index contributed by atoms with van der Waals surface area (Å²) < 4.78 is 0. The van der Waals surface area contributed by atoms with E-state index in [2.05, 4.69) is 34.7 Å². The summed E-state index contributed by atoms with van der Waals surface area (Å²) in [6, 6.07) is 0. The van der Waals surface area contributed by atoms with Crippen molar-refractivity contribution in [1.82, 2.24) is 15.5 Å². The largest absolute Gasteiger partial charge is 0.360 e. The second-order valence-electron chi connectivity index (χ2n) is 5.58. The molecule has 0 bridgehead atoms. The highest BCUT2D eigenvalue weighted by molar-refractivity contribution is 7.17. The summed E-state index contributed by atoms with van der Waals surface area (Å²) in [5.74, 6) is -0.0910. The molecular formula is C14H24N4OS. The monoisotopic (exact) mass is 296 g/mol. The molecule has 5 nitrogen and oxygen atoms in total. The fraction of sp³-hybridized carbons (Fsp3) is 0.786. The van der Waals surface area contributed by atoms with Crippen LogP contribution in [0, 0.1) is 5.41 Å². The first-order valence-corrected chi connectivity index (χ1v) is 8.36. The second-order valence-corrected chi connectivity index (χ2v) is 6.56. The van der Waals surface area contributed by atoms with Gasteiger partial charge < -0.3 is 10.6 Å². The lowest BCUT2D eigenvalue weighted by molar-refractivity contribution is 0.0927. The van der Waals surface area contributed by atoms with E-state index in [1.54, 1.807) is 0 Å². The van der Waals surface area contributed by atoms with Crippen LogP contribution in [-0.2, 0) is 0 Å². The van der Waals surface area contributed by atoms with Crippen LogP contribution in [0.4, 0.5) is 5.13 Å². The summed E-state index contributed by atoms with van der Waals surface area (Å²) in [6.07, 6.45) is 7.18. The summed E-state index contributed by atoms with van der Waals surface area (Å²) in [4.78, 5) is 12.1. The first kappa shape index (κ1) is 15.2. The molecule has 0 aliphatic heterocycles. The standard InChI is InChI=1S/C14H24N4OS/c1-3-9-15-13-18-17-12(20-13)11(19)16-10-14(4-2)7-5-6-8-14/h3-10H2,1-2H3,(H,15,18)(H,16,19). The molecule has 1 heterocycles. The molecule has 1 saturated carbocycles. The Balaban J connectivity index is 1.86. The van der Waals surface area contributed by atoms with E-state index in [0.717, 1.165) is 31.1 Å². The minimum atomic E-state index is -0.0910. The molecular weight excluding hydrogens is 272 g/mol. The van der Waals surface area contributed by atoms with Crippen molar-refractivity contribution in [2.45, 2.75) is 52.4 Å². The number of rotatable bonds is 7. The third kappa shape index (κ3) is 3.69. The Morgan fingerprint density at radius 1 is 1.30 bits per heavy atom. The van der Waals surface area contributed by atoms with Crippen LogP contribution in [0.15, 0.2) is 0 Å². The van der Waals surface area contributed by atoms with Gasteiger partial charge in [0.1, 0.15) is 0 Å². The van der Waals surface area contributed by atoms with E-state index in [1.165, 1.54) is 37.0 Å². The molecule has 2 N–H and O–H groups in total. The number of hydrogen-bond acceptors (Lipinski definition) is 5. The van der Waals surface area contributed by atoms with E-state index in [0.29, 0.717) is 10.4 Å². The average molecular weight is 296 g/mol. The number of carbonyl (C=O) groups is 1. The quantitative estimate of drug-likeness (QED) is 0.811. The number of anilines is 1. The van der Waals surface area contributed by atoms with Gasteiger partial charge in [0.05, 0.1) is 0 Å². The van der Waals surface area contributed by atoms with Gasteiger partial charge in [-0.1, -0.05) is 38.0 Å². The first-order valence-electron chi connectivity index (χ1n) is 7.55. The van der Waals surface area contributed by atoms with Crippen molar-refractivity contribution in [2.75, 3.05) is 18.4 Å². The Morgan fingerprint density at radius 2 is 2.05 bits per heavy atom. The maximum Gasteiger partial charge on any atom is 0.282 e. The van der Waals surface area contributed by atoms with Gasteiger partial charge in [-0.15, -0.1) is 10.2 Å². The lowest BCUT2D eigenvalue weighted by Crippen LogP contribution is -2.35. The van der Waals surface area contributed by atoms with Crippen molar-refractivity contribution >= 4 is 22.4 Å². The van der Waals surface area contributed by atoms with Gasteiger partial charge in [-0.3, -0.25) is 4.79 Å². The van der Waals surface area contributed by atoms with Crippen LogP contribution in [0.1, 0.15) is 62.2 Å². The number of hydrogen-bond donors (Lipinski definition) is 2. The predicted octanol–water partition coefficient (Wildman–Crippen LogP) is 3.06. The van der Waals surface area contributed by atoms with Gasteiger partial charge in [0.15, 0.2) is 0 Å². The van der Waals surface area contributed by atoms with Gasteiger partial charge in [0.2, 0.25) is 10.1 Å². The van der Waals surface area contributed by atoms with Crippen molar-refractivity contribution in [3.8, 4) is 0 Å². The highest BCUT2D eigenvalue weighted by Crippen LogP contribution is 2.40. The van der Waals surface area contributed by atoms with Crippen LogP contribution in [0.2, 0.25) is 0 Å². The highest BCUT2D eigenvalue weighted by Gasteiger charge is 2.32. The lowest BCUT2D eigenvalue weighted by atomic mass is 9.83. The molecule has 1 aromatic rings. The van der Waals surface area contributed by atoms with E-state index >= 15 is 0 Å². The molecule has 0 radical (unpaired) electrons. The van der Waals surface area contributed by atoms with Crippen molar-refractivity contribution in [3.63, 3.8) is 0 Å². The van der Waals surface area contributed by atoms with Crippen molar-refractivity contribution in [2.24, 2.45) is 5.41 Å². The molecule has 0 spiro atoms. The molecule has 0 aromatic carbocycles. The van der Waals surface area contributed by atoms with Crippen molar-refractivity contribution < 1.29 is 4.79 Å². The minimum absolute atomic E-state index is 0.0910. The van der Waals surface area contributed by atoms with Crippen LogP contribution in [0.5, 0.6) is 0 Å². The normalized spacial score (nSPS) is 17.1. The molecule has 2 rings (SSSR count). The van der Waals surface area contributed by atoms with Gasteiger partial charge in [0.25, 0.3) is 5.91 Å². The zero-order valence-electron chi connectivity index (χ0n) is 12.4. The molecule has 6 heteroatoms. The first-order chi connectivity index (χ1) is 9.69. The summed E-state index contributed by atoms with van der Waals surface area (Å²) in [6.45, 7) is 5.93. The molecule has 0 saturated heterocycles. The molecule has 112 valence electrons. The molecule has 1 aromatic heterocycles. The summed E-state index contributed by atoms with van der Waals surface area (Å²) in [5.41, 5.74) is 0.309. The van der Waals surface area contributed by atoms with Crippen LogP contribution in [0.25, 0.3) is 0 Å². The molecule has 0 unspecified atom stereocenters. The second kappa shape index (κ2) is 7.02. The number of carbonyl (C=O) groups excluding carboxylic acids is 1. The van der Waals surface area contributed by atoms with E-state index in [-0.39, 0.29) is 5.91 Å². The van der Waals surface area contributed by atoms with Crippen LogP contribution in [0.3, 0.4) is 0 Å². The molecule has 0 atom stereocenters. The van der Waals surface area contributed by atoms with E-state index < -0.39 is 0 Å². The van der Waals surface area contributed by atoms with Crippen LogP contribution in [-0.4, -0.2) is 29.2 Å². The lowest BCUT2D eigenvalue weighted by Gasteiger charge is -2.27. The number of aromatic nitrogens is 2. The number of nitrogens with one attached hydrogen (secondary N) is 2. The fourth-order valence-corrected chi connectivity index (χ4v) is 3.43. The Labute approximate surface area is 124 Å². The third-order valence-electron chi connectivity index (χ3n) is 4.18. The maximum absolute atomic E-state index is 12.1. The van der Waals surface area contributed by atoms with Gasteiger partial charge in [0, 0.05) is 13.1 Å². The third-order valence-corrected chi connectivity index (χ3v) is 5.06. The Hall–Kier alpha value is -1.17. The zero-order chi connectivity index (χ0) is 14.4. The fourth-order valence-electron chi connectivity index (χ4n) is 2.74. The topological polar surface area (TPSA) is 66.9 Å². The van der Waals surface area contributed by atoms with Gasteiger partial charge in [-0.05, 0) is 31.1 Å². The molecule has 1 amide bonds. The Kier molecular flexibility index (Phi) is 5.34. The zero-order valence-corrected chi connectivity index (χ0v) is 13.2. The Morgan fingerprint density at radius 3 is 2.70 bits per heavy atom. The molecule has 1 aliphatic rings. The van der Waals surface area contributed by atoms with Gasteiger partial charge in [-0.2, -0.15) is 0 Å². The Bertz CT molecular complexity index is 440. The minimum Gasteiger partial charge on any atom is -0.360 e. The van der Waals surface area contributed by atoms with Crippen LogP contribution < -0.4 is 10.6 Å². The summed E-state index contributed by atoms with van der Waals surface area (Å²) in [5, 5.41) is 15.3. The van der Waals surface area contributed by atoms with E-state index in [4.69, 9.17) is 0 Å². The highest BCUT2D eigenvalue weighted by atomic mass is 32.1. The maximum atomic E-state index is 12.1. The van der Waals surface area contributed by atoms with Crippen LogP contribution >= 0.6 is 11.3 Å². The number of nitrogens with zero attached hydrogens (tertiary/aromatic N) is 2. The van der Waals surface area contributed by atoms with Crippen molar-refractivity contribution in [3.05, 3.63) is 5.01 Å². The smallest absolute Gasteiger partial charge is 0.282 e. The predicted molar refractivity (Wildman–Crippen MR) is 82.2 cm³/mol. The molecule has 1 fully saturated rings. The average Bonchev–Trinajstić information content (AvgIpc) is 3.12. The van der Waals surface area contributed by atoms with E-state index in [9.17, 15) is 4.79 Å². The van der Waals surface area contributed by atoms with E-state index in [1.807, 2.05) is 0 Å².